The highest BCUT2D eigenvalue weighted by molar-refractivity contribution is 7.15. The number of aryl methyl sites for hydroxylation is 1. The summed E-state index contributed by atoms with van der Waals surface area (Å²) in [6, 6.07) is 8.65. The van der Waals surface area contributed by atoms with E-state index < -0.39 is 0 Å². The fourth-order valence-corrected chi connectivity index (χ4v) is 5.66. The van der Waals surface area contributed by atoms with Crippen LogP contribution in [-0.2, 0) is 4.79 Å². The number of aromatic nitrogens is 3. The van der Waals surface area contributed by atoms with Crippen LogP contribution in [0.2, 0.25) is 0 Å². The lowest BCUT2D eigenvalue weighted by molar-refractivity contribution is -0.134. The number of benzene rings is 1. The van der Waals surface area contributed by atoms with E-state index in [1.165, 1.54) is 0 Å². The van der Waals surface area contributed by atoms with Gasteiger partial charge in [0.2, 0.25) is 11.9 Å². The van der Waals surface area contributed by atoms with E-state index in [0.29, 0.717) is 12.5 Å². The molecule has 1 amide bonds. The largest absolute Gasteiger partial charge is 0.395 e. The molecule has 2 bridgehead atoms. The molecule has 1 aromatic carbocycles. The summed E-state index contributed by atoms with van der Waals surface area (Å²) in [5.74, 6) is 1.46. The topological polar surface area (TPSA) is 115 Å². The number of rotatable bonds is 8. The van der Waals surface area contributed by atoms with Crippen molar-refractivity contribution < 1.29 is 9.90 Å². The van der Waals surface area contributed by atoms with Crippen molar-refractivity contribution in [3.05, 3.63) is 35.3 Å². The number of hydrogen-bond donors (Lipinski definition) is 4. The first-order valence-electron chi connectivity index (χ1n) is 11.5. The van der Waals surface area contributed by atoms with E-state index in [4.69, 9.17) is 15.1 Å². The number of carbonyl (C=O) groups excluding carboxylic acids is 1. The van der Waals surface area contributed by atoms with Gasteiger partial charge in [0.25, 0.3) is 0 Å². The monoisotopic (exact) mass is 467 g/mol. The van der Waals surface area contributed by atoms with E-state index in [0.717, 1.165) is 52.4 Å². The number of anilines is 3. The van der Waals surface area contributed by atoms with Gasteiger partial charge >= 0.3 is 0 Å². The lowest BCUT2D eigenvalue weighted by Gasteiger charge is -2.39. The SMILES string of the molecule is Cc1cnc(Nc2nc(NC3C[C@H]4CC[C@@H](C3)N4C(=O)CNCCO)nc3ccccc23)s1. The van der Waals surface area contributed by atoms with Crippen LogP contribution in [0, 0.1) is 6.92 Å². The molecule has 9 nitrogen and oxygen atoms in total. The summed E-state index contributed by atoms with van der Waals surface area (Å²) in [4.78, 5) is 29.8. The molecule has 4 N–H and O–H groups in total. The first-order valence-corrected chi connectivity index (χ1v) is 12.3. The highest BCUT2D eigenvalue weighted by Gasteiger charge is 2.43. The van der Waals surface area contributed by atoms with Gasteiger partial charge in [0.05, 0.1) is 18.7 Å². The van der Waals surface area contributed by atoms with Crippen LogP contribution in [0.1, 0.15) is 30.6 Å². The maximum absolute atomic E-state index is 12.7. The van der Waals surface area contributed by atoms with Gasteiger partial charge < -0.3 is 26.0 Å². The van der Waals surface area contributed by atoms with Gasteiger partial charge in [-0.15, -0.1) is 11.3 Å². The number of carbonyl (C=O) groups is 1. The van der Waals surface area contributed by atoms with Gasteiger partial charge in [-0.05, 0) is 44.7 Å². The van der Waals surface area contributed by atoms with Gasteiger partial charge in [-0.1, -0.05) is 12.1 Å². The molecule has 0 aliphatic carbocycles. The number of aliphatic hydroxyl groups excluding tert-OH is 1. The van der Waals surface area contributed by atoms with Crippen LogP contribution in [0.4, 0.5) is 16.9 Å². The molecule has 174 valence electrons. The molecular weight excluding hydrogens is 438 g/mol. The number of hydrogen-bond acceptors (Lipinski definition) is 9. The van der Waals surface area contributed by atoms with Crippen LogP contribution in [0.15, 0.2) is 30.5 Å². The Labute approximate surface area is 196 Å². The van der Waals surface area contributed by atoms with Crippen molar-refractivity contribution in [2.24, 2.45) is 0 Å². The second-order valence-corrected chi connectivity index (χ2v) is 9.95. The number of amides is 1. The van der Waals surface area contributed by atoms with E-state index in [-0.39, 0.29) is 37.2 Å². The summed E-state index contributed by atoms with van der Waals surface area (Å²) in [6.45, 7) is 2.79. The molecule has 0 radical (unpaired) electrons. The highest BCUT2D eigenvalue weighted by Crippen LogP contribution is 2.37. The molecule has 2 fully saturated rings. The second kappa shape index (κ2) is 9.58. The van der Waals surface area contributed by atoms with Crippen LogP contribution >= 0.6 is 11.3 Å². The summed E-state index contributed by atoms with van der Waals surface area (Å²) < 4.78 is 0. The summed E-state index contributed by atoms with van der Waals surface area (Å²) in [7, 11) is 0. The number of piperidine rings is 1. The Bertz CT molecular complexity index is 1120. The molecule has 0 spiro atoms. The standard InChI is InChI=1S/C23H29N7O2S/c1-14-12-25-23(33-14)29-21-18-4-2-3-5-19(18)27-22(28-21)26-15-10-16-6-7-17(11-15)30(16)20(32)13-24-8-9-31/h2-5,12,15-17,24,31H,6-11,13H2,1H3,(H2,25,26,27,28,29)/t15?,16-,17+. The number of thiazole rings is 1. The average Bonchev–Trinajstić information content (AvgIpc) is 3.33. The molecule has 5 rings (SSSR count). The van der Waals surface area contributed by atoms with E-state index >= 15 is 0 Å². The molecule has 3 atom stereocenters. The number of para-hydroxylation sites is 1. The van der Waals surface area contributed by atoms with Crippen molar-refractivity contribution in [2.45, 2.75) is 50.7 Å². The predicted molar refractivity (Wildman–Crippen MR) is 130 cm³/mol. The van der Waals surface area contributed by atoms with Gasteiger partial charge in [0.1, 0.15) is 5.82 Å². The molecular formula is C23H29N7O2S. The van der Waals surface area contributed by atoms with E-state index in [1.807, 2.05) is 37.4 Å². The Morgan fingerprint density at radius 3 is 2.73 bits per heavy atom. The Morgan fingerprint density at radius 2 is 2.00 bits per heavy atom. The Morgan fingerprint density at radius 1 is 1.21 bits per heavy atom. The third-order valence-corrected chi connectivity index (χ3v) is 7.20. The minimum absolute atomic E-state index is 0.0386. The Hall–Kier alpha value is -2.82. The Kier molecular flexibility index (Phi) is 6.39. The number of nitrogens with zero attached hydrogens (tertiary/aromatic N) is 4. The number of fused-ring (bicyclic) bond motifs is 3. The first-order chi connectivity index (χ1) is 16.1. The zero-order chi connectivity index (χ0) is 22.8. The molecule has 2 aromatic heterocycles. The predicted octanol–water partition coefficient (Wildman–Crippen LogP) is 2.65. The van der Waals surface area contributed by atoms with Gasteiger partial charge in [0, 0.05) is 41.1 Å². The minimum atomic E-state index is 0.0386. The molecule has 2 aliphatic heterocycles. The zero-order valence-corrected chi connectivity index (χ0v) is 19.4. The maximum Gasteiger partial charge on any atom is 0.237 e. The van der Waals surface area contributed by atoms with E-state index in [2.05, 4.69) is 25.8 Å². The van der Waals surface area contributed by atoms with Crippen molar-refractivity contribution in [1.82, 2.24) is 25.2 Å². The summed E-state index contributed by atoms with van der Waals surface area (Å²) in [6.07, 6.45) is 5.67. The number of nitrogens with one attached hydrogen (secondary N) is 3. The van der Waals surface area contributed by atoms with Gasteiger partial charge in [0.15, 0.2) is 5.13 Å². The Balaban J connectivity index is 1.31. The molecule has 2 saturated heterocycles. The normalized spacial score (nSPS) is 22.0. The average molecular weight is 468 g/mol. The molecule has 0 saturated carbocycles. The summed E-state index contributed by atoms with van der Waals surface area (Å²) in [5, 5.41) is 20.6. The first kappa shape index (κ1) is 22.0. The third kappa shape index (κ3) is 4.78. The zero-order valence-electron chi connectivity index (χ0n) is 18.6. The van der Waals surface area contributed by atoms with Gasteiger partial charge in [-0.2, -0.15) is 4.98 Å². The molecule has 10 heteroatoms. The summed E-state index contributed by atoms with van der Waals surface area (Å²) >= 11 is 1.59. The van der Waals surface area contributed by atoms with Crippen molar-refractivity contribution in [1.29, 1.82) is 0 Å². The van der Waals surface area contributed by atoms with Crippen molar-refractivity contribution in [2.75, 3.05) is 30.3 Å². The van der Waals surface area contributed by atoms with Gasteiger partial charge in [-0.25, -0.2) is 9.97 Å². The summed E-state index contributed by atoms with van der Waals surface area (Å²) in [5.41, 5.74) is 0.872. The number of aliphatic hydroxyl groups is 1. The minimum Gasteiger partial charge on any atom is -0.395 e. The van der Waals surface area contributed by atoms with E-state index in [9.17, 15) is 4.79 Å². The quantitative estimate of drug-likeness (QED) is 0.374. The molecule has 33 heavy (non-hydrogen) atoms. The molecule has 1 unspecified atom stereocenters. The van der Waals surface area contributed by atoms with Crippen LogP contribution in [0.3, 0.4) is 0 Å². The van der Waals surface area contributed by atoms with Crippen molar-refractivity contribution in [3.8, 4) is 0 Å². The van der Waals surface area contributed by atoms with E-state index in [1.54, 1.807) is 11.3 Å². The van der Waals surface area contributed by atoms with Gasteiger partial charge in [-0.3, -0.25) is 4.79 Å². The maximum atomic E-state index is 12.7. The van der Waals surface area contributed by atoms with Crippen molar-refractivity contribution >= 4 is 45.0 Å². The smallest absolute Gasteiger partial charge is 0.237 e. The fraction of sp³-hybridized carbons (Fsp3) is 0.478. The lowest BCUT2D eigenvalue weighted by atomic mass is 9.97. The molecule has 2 aliphatic rings. The van der Waals surface area contributed by atoms with Crippen LogP contribution in [-0.4, -0.2) is 68.7 Å². The van der Waals surface area contributed by atoms with Crippen LogP contribution in [0.5, 0.6) is 0 Å². The van der Waals surface area contributed by atoms with Crippen LogP contribution in [0.25, 0.3) is 10.9 Å². The van der Waals surface area contributed by atoms with Crippen LogP contribution < -0.4 is 16.0 Å². The fourth-order valence-electron chi connectivity index (χ4n) is 5.00. The molecule has 3 aromatic rings. The molecule has 4 heterocycles. The lowest BCUT2D eigenvalue weighted by Crippen LogP contribution is -2.52. The van der Waals surface area contributed by atoms with Crippen molar-refractivity contribution in [3.63, 3.8) is 0 Å². The third-order valence-electron chi connectivity index (χ3n) is 6.37. The highest BCUT2D eigenvalue weighted by atomic mass is 32.1. The second-order valence-electron chi connectivity index (χ2n) is 8.71.